The molecule has 2 heterocycles. The molecule has 0 aromatic heterocycles. The quantitative estimate of drug-likeness (QED) is 0.811. The van der Waals surface area contributed by atoms with Crippen LogP contribution in [0.2, 0.25) is 0 Å². The molecule has 1 atom stereocenters. The van der Waals surface area contributed by atoms with Crippen LogP contribution >= 0.6 is 0 Å². The molecule has 4 rings (SSSR count). The van der Waals surface area contributed by atoms with Crippen LogP contribution in [0.3, 0.4) is 0 Å². The van der Waals surface area contributed by atoms with Crippen LogP contribution in [0.5, 0.6) is 0 Å². The van der Waals surface area contributed by atoms with Gasteiger partial charge in [-0.25, -0.2) is 4.39 Å². The third-order valence-corrected chi connectivity index (χ3v) is 6.59. The van der Waals surface area contributed by atoms with Gasteiger partial charge in [-0.15, -0.1) is 0 Å². The first kappa shape index (κ1) is 20.0. The van der Waals surface area contributed by atoms with Crippen LogP contribution in [0.25, 0.3) is 0 Å². The van der Waals surface area contributed by atoms with Crippen molar-refractivity contribution < 1.29 is 9.18 Å². The number of benzene rings is 2. The molecule has 2 aliphatic heterocycles. The highest BCUT2D eigenvalue weighted by molar-refractivity contribution is 5.79. The first-order chi connectivity index (χ1) is 14.0. The molecule has 2 N–H and O–H groups in total. The van der Waals surface area contributed by atoms with Gasteiger partial charge in [0.1, 0.15) is 5.82 Å². The van der Waals surface area contributed by atoms with Crippen molar-refractivity contribution in [3.8, 4) is 0 Å². The Bertz CT molecular complexity index is 816. The van der Waals surface area contributed by atoms with Gasteiger partial charge in [0.25, 0.3) is 0 Å². The van der Waals surface area contributed by atoms with Gasteiger partial charge in [0.2, 0.25) is 5.91 Å². The minimum absolute atomic E-state index is 0.0753. The van der Waals surface area contributed by atoms with Crippen LogP contribution < -0.4 is 5.73 Å². The molecule has 2 aromatic carbocycles. The van der Waals surface area contributed by atoms with E-state index < -0.39 is 0 Å². The molecule has 2 aromatic rings. The van der Waals surface area contributed by atoms with Crippen molar-refractivity contribution in [2.75, 3.05) is 26.2 Å². The summed E-state index contributed by atoms with van der Waals surface area (Å²) in [6, 6.07) is 16.8. The van der Waals surface area contributed by atoms with E-state index in [0.29, 0.717) is 13.0 Å². The minimum Gasteiger partial charge on any atom is -0.338 e. The number of likely N-dealkylation sites (tertiary alicyclic amines) is 2. The normalized spacial score (nSPS) is 20.3. The molecular weight excluding hydrogens is 365 g/mol. The number of nitrogens with two attached hydrogens (primary N) is 1. The first-order valence-electron chi connectivity index (χ1n) is 10.6. The molecule has 2 aliphatic rings. The topological polar surface area (TPSA) is 49.6 Å². The number of hydrogen-bond acceptors (Lipinski definition) is 3. The molecular formula is C24H30FN3O. The lowest BCUT2D eigenvalue weighted by Crippen LogP contribution is -2.42. The molecule has 4 nitrogen and oxygen atoms in total. The van der Waals surface area contributed by atoms with Gasteiger partial charge in [-0.05, 0) is 67.6 Å². The fraction of sp³-hybridized carbons (Fsp3) is 0.458. The summed E-state index contributed by atoms with van der Waals surface area (Å²) in [6.07, 6.45) is 3.71. The largest absolute Gasteiger partial charge is 0.338 e. The third-order valence-electron chi connectivity index (χ3n) is 6.59. The molecule has 29 heavy (non-hydrogen) atoms. The van der Waals surface area contributed by atoms with E-state index in [1.54, 1.807) is 12.1 Å². The lowest BCUT2D eigenvalue weighted by atomic mass is 9.77. The summed E-state index contributed by atoms with van der Waals surface area (Å²) in [4.78, 5) is 17.0. The molecule has 1 spiro atoms. The Balaban J connectivity index is 1.26. The molecule has 2 fully saturated rings. The Kier molecular flexibility index (Phi) is 5.97. The summed E-state index contributed by atoms with van der Waals surface area (Å²) >= 11 is 0. The standard InChI is InChI=1S/C24H30FN3O/c25-21-8-6-19(7-9-21)17-28-18-24(16-23(28)29)11-14-27(15-12-24)13-10-22(26)20-4-2-1-3-5-20/h1-9,22H,10-18,26H2/t22-/m0/s1. The Hall–Kier alpha value is -2.24. The van der Waals surface area contributed by atoms with E-state index in [1.165, 1.54) is 17.7 Å². The van der Waals surface area contributed by atoms with Gasteiger partial charge >= 0.3 is 0 Å². The van der Waals surface area contributed by atoms with Gasteiger partial charge in [0, 0.05) is 25.6 Å². The lowest BCUT2D eigenvalue weighted by Gasteiger charge is -2.39. The lowest BCUT2D eigenvalue weighted by molar-refractivity contribution is -0.128. The van der Waals surface area contributed by atoms with Crippen molar-refractivity contribution >= 4 is 5.91 Å². The van der Waals surface area contributed by atoms with Crippen LogP contribution in [-0.4, -0.2) is 41.9 Å². The van der Waals surface area contributed by atoms with Crippen LogP contribution in [0.15, 0.2) is 54.6 Å². The molecule has 1 amide bonds. The van der Waals surface area contributed by atoms with Crippen molar-refractivity contribution in [1.82, 2.24) is 9.80 Å². The SMILES string of the molecule is N[C@@H](CCN1CCC2(CC1)CC(=O)N(Cc1ccc(F)cc1)C2)c1ccccc1. The molecule has 0 saturated carbocycles. The number of nitrogens with zero attached hydrogens (tertiary/aromatic N) is 2. The fourth-order valence-electron chi connectivity index (χ4n) is 4.71. The van der Waals surface area contributed by atoms with E-state index in [2.05, 4.69) is 17.0 Å². The third kappa shape index (κ3) is 4.85. The van der Waals surface area contributed by atoms with Crippen molar-refractivity contribution in [1.29, 1.82) is 0 Å². The van der Waals surface area contributed by atoms with Crippen molar-refractivity contribution in [2.24, 2.45) is 11.1 Å². The van der Waals surface area contributed by atoms with Crippen LogP contribution in [0.4, 0.5) is 4.39 Å². The highest BCUT2D eigenvalue weighted by Gasteiger charge is 2.44. The zero-order chi connectivity index (χ0) is 20.3. The van der Waals surface area contributed by atoms with E-state index in [1.807, 2.05) is 23.1 Å². The second kappa shape index (κ2) is 8.64. The van der Waals surface area contributed by atoms with E-state index in [-0.39, 0.29) is 23.2 Å². The number of carbonyl (C=O) groups excluding carboxylic acids is 1. The summed E-state index contributed by atoms with van der Waals surface area (Å²) in [5, 5.41) is 0. The molecule has 2 saturated heterocycles. The highest BCUT2D eigenvalue weighted by atomic mass is 19.1. The average Bonchev–Trinajstić information content (AvgIpc) is 3.04. The number of piperidine rings is 1. The van der Waals surface area contributed by atoms with Crippen LogP contribution in [0.1, 0.15) is 42.9 Å². The monoisotopic (exact) mass is 395 g/mol. The number of hydrogen-bond donors (Lipinski definition) is 1. The Labute approximate surface area is 172 Å². The highest BCUT2D eigenvalue weighted by Crippen LogP contribution is 2.41. The van der Waals surface area contributed by atoms with E-state index in [9.17, 15) is 9.18 Å². The molecule has 0 radical (unpaired) electrons. The van der Waals surface area contributed by atoms with Gasteiger partial charge in [-0.1, -0.05) is 42.5 Å². The Morgan fingerprint density at radius 1 is 1.03 bits per heavy atom. The van der Waals surface area contributed by atoms with Crippen LogP contribution in [0, 0.1) is 11.2 Å². The summed E-state index contributed by atoms with van der Waals surface area (Å²) in [5.74, 6) is -0.00815. The second-order valence-electron chi connectivity index (χ2n) is 8.70. The summed E-state index contributed by atoms with van der Waals surface area (Å²) < 4.78 is 13.1. The van der Waals surface area contributed by atoms with Gasteiger partial charge in [0.15, 0.2) is 0 Å². The average molecular weight is 396 g/mol. The second-order valence-corrected chi connectivity index (χ2v) is 8.70. The van der Waals surface area contributed by atoms with Gasteiger partial charge in [-0.2, -0.15) is 0 Å². The summed E-state index contributed by atoms with van der Waals surface area (Å²) in [6.45, 7) is 4.45. The number of carbonyl (C=O) groups is 1. The predicted molar refractivity (Wildman–Crippen MR) is 113 cm³/mol. The molecule has 0 aliphatic carbocycles. The van der Waals surface area contributed by atoms with Crippen LogP contribution in [-0.2, 0) is 11.3 Å². The first-order valence-corrected chi connectivity index (χ1v) is 10.6. The van der Waals surface area contributed by atoms with Gasteiger partial charge in [0.05, 0.1) is 0 Å². The maximum absolute atomic E-state index is 13.1. The minimum atomic E-state index is -0.239. The number of amides is 1. The number of halogens is 1. The molecule has 0 bridgehead atoms. The zero-order valence-electron chi connectivity index (χ0n) is 16.9. The zero-order valence-corrected chi connectivity index (χ0v) is 16.9. The Morgan fingerprint density at radius 2 is 1.72 bits per heavy atom. The smallest absolute Gasteiger partial charge is 0.223 e. The van der Waals surface area contributed by atoms with Crippen molar-refractivity contribution in [3.63, 3.8) is 0 Å². The van der Waals surface area contributed by atoms with E-state index in [4.69, 9.17) is 5.73 Å². The molecule has 5 heteroatoms. The van der Waals surface area contributed by atoms with E-state index in [0.717, 1.165) is 51.0 Å². The fourth-order valence-corrected chi connectivity index (χ4v) is 4.71. The van der Waals surface area contributed by atoms with E-state index >= 15 is 0 Å². The Morgan fingerprint density at radius 3 is 2.41 bits per heavy atom. The summed E-state index contributed by atoms with van der Waals surface area (Å²) in [5.41, 5.74) is 8.63. The maximum Gasteiger partial charge on any atom is 0.223 e. The van der Waals surface area contributed by atoms with Gasteiger partial charge < -0.3 is 15.5 Å². The number of rotatable bonds is 6. The predicted octanol–water partition coefficient (Wildman–Crippen LogP) is 3.73. The molecule has 154 valence electrons. The van der Waals surface area contributed by atoms with Crippen molar-refractivity contribution in [2.45, 2.75) is 38.3 Å². The molecule has 0 unspecified atom stereocenters. The maximum atomic E-state index is 13.1. The van der Waals surface area contributed by atoms with Gasteiger partial charge in [-0.3, -0.25) is 4.79 Å². The van der Waals surface area contributed by atoms with Crippen molar-refractivity contribution in [3.05, 3.63) is 71.5 Å². The summed E-state index contributed by atoms with van der Waals surface area (Å²) in [7, 11) is 0.